The predicted molar refractivity (Wildman–Crippen MR) is 88.7 cm³/mol. The van der Waals surface area contributed by atoms with Gasteiger partial charge in [-0.3, -0.25) is 9.67 Å². The van der Waals surface area contributed by atoms with Gasteiger partial charge in [-0.2, -0.15) is 16.9 Å². The minimum atomic E-state index is 0.693. The highest BCUT2D eigenvalue weighted by Crippen LogP contribution is 2.24. The Kier molecular flexibility index (Phi) is 6.35. The van der Waals surface area contributed by atoms with Gasteiger partial charge in [0.15, 0.2) is 5.96 Å². The van der Waals surface area contributed by atoms with Gasteiger partial charge in [0.2, 0.25) is 0 Å². The van der Waals surface area contributed by atoms with Crippen molar-refractivity contribution >= 4 is 17.7 Å². The minimum absolute atomic E-state index is 0.693. The van der Waals surface area contributed by atoms with E-state index in [0.29, 0.717) is 11.2 Å². The lowest BCUT2D eigenvalue weighted by molar-refractivity contribution is 0.380. The average molecular weight is 310 g/mol. The van der Waals surface area contributed by atoms with Crippen LogP contribution in [0.15, 0.2) is 17.6 Å². The van der Waals surface area contributed by atoms with Crippen LogP contribution in [0.25, 0.3) is 0 Å². The van der Waals surface area contributed by atoms with E-state index in [-0.39, 0.29) is 0 Å². The highest BCUT2D eigenvalue weighted by molar-refractivity contribution is 8.00. The molecule has 0 spiro atoms. The standard InChI is InChI=1S/C14H26N6S/c1-4-16-14(17-5-6-20-11-15-10-18-20)19-7-8-21-13(9-19)12(2)3/h10-13H,4-9H2,1-3H3,(H,16,17). The number of nitrogens with one attached hydrogen (secondary N) is 1. The molecule has 0 aliphatic carbocycles. The second-order valence-electron chi connectivity index (χ2n) is 5.49. The Bertz CT molecular complexity index is 431. The zero-order valence-electron chi connectivity index (χ0n) is 13.2. The summed E-state index contributed by atoms with van der Waals surface area (Å²) in [5.74, 6) is 2.91. The third-order valence-corrected chi connectivity index (χ3v) is 5.07. The summed E-state index contributed by atoms with van der Waals surface area (Å²) in [7, 11) is 0. The van der Waals surface area contributed by atoms with Crippen molar-refractivity contribution in [1.29, 1.82) is 0 Å². The van der Waals surface area contributed by atoms with Crippen LogP contribution in [0.4, 0.5) is 0 Å². The molecule has 1 aliphatic heterocycles. The van der Waals surface area contributed by atoms with Crippen LogP contribution >= 0.6 is 11.8 Å². The lowest BCUT2D eigenvalue weighted by Gasteiger charge is -2.36. The molecule has 0 bridgehead atoms. The van der Waals surface area contributed by atoms with Crippen LogP contribution in [0.1, 0.15) is 20.8 Å². The second-order valence-corrected chi connectivity index (χ2v) is 6.84. The molecule has 7 heteroatoms. The van der Waals surface area contributed by atoms with Crippen LogP contribution in [0.2, 0.25) is 0 Å². The molecule has 1 aromatic rings. The summed E-state index contributed by atoms with van der Waals surface area (Å²) in [4.78, 5) is 11.1. The molecular formula is C14H26N6S. The van der Waals surface area contributed by atoms with E-state index >= 15 is 0 Å². The summed E-state index contributed by atoms with van der Waals surface area (Å²) in [5.41, 5.74) is 0. The fraction of sp³-hybridized carbons (Fsp3) is 0.786. The van der Waals surface area contributed by atoms with Crippen molar-refractivity contribution in [2.75, 3.05) is 31.9 Å². The highest BCUT2D eigenvalue weighted by Gasteiger charge is 2.24. The van der Waals surface area contributed by atoms with Gasteiger partial charge in [-0.15, -0.1) is 0 Å². The SMILES string of the molecule is CCNC(=NCCn1cncn1)N1CCSC(C(C)C)C1. The van der Waals surface area contributed by atoms with Crippen LogP contribution < -0.4 is 5.32 Å². The van der Waals surface area contributed by atoms with Gasteiger partial charge >= 0.3 is 0 Å². The number of hydrogen-bond donors (Lipinski definition) is 1. The number of guanidine groups is 1. The maximum absolute atomic E-state index is 4.74. The number of rotatable bonds is 5. The van der Waals surface area contributed by atoms with Gasteiger partial charge in [-0.1, -0.05) is 13.8 Å². The number of aromatic nitrogens is 3. The first-order valence-electron chi connectivity index (χ1n) is 7.68. The molecule has 1 N–H and O–H groups in total. The molecule has 0 saturated carbocycles. The molecular weight excluding hydrogens is 284 g/mol. The van der Waals surface area contributed by atoms with Crippen molar-refractivity contribution in [3.8, 4) is 0 Å². The molecule has 1 fully saturated rings. The molecule has 1 aliphatic rings. The first kappa shape index (κ1) is 16.1. The maximum atomic E-state index is 4.74. The van der Waals surface area contributed by atoms with Gasteiger partial charge in [-0.25, -0.2) is 4.98 Å². The summed E-state index contributed by atoms with van der Waals surface area (Å²) in [6, 6.07) is 0. The van der Waals surface area contributed by atoms with E-state index < -0.39 is 0 Å². The van der Waals surface area contributed by atoms with E-state index in [0.717, 1.165) is 38.7 Å². The summed E-state index contributed by atoms with van der Waals surface area (Å²) in [6.07, 6.45) is 3.29. The summed E-state index contributed by atoms with van der Waals surface area (Å²) in [6.45, 7) is 11.3. The highest BCUT2D eigenvalue weighted by atomic mass is 32.2. The van der Waals surface area contributed by atoms with E-state index in [9.17, 15) is 0 Å². The molecule has 1 atom stereocenters. The lowest BCUT2D eigenvalue weighted by atomic mass is 10.1. The van der Waals surface area contributed by atoms with E-state index in [1.54, 1.807) is 12.7 Å². The van der Waals surface area contributed by atoms with Gasteiger partial charge in [-0.05, 0) is 12.8 Å². The molecule has 2 rings (SSSR count). The monoisotopic (exact) mass is 310 g/mol. The third-order valence-electron chi connectivity index (χ3n) is 3.53. The first-order chi connectivity index (χ1) is 10.2. The first-order valence-corrected chi connectivity index (χ1v) is 8.72. The molecule has 118 valence electrons. The van der Waals surface area contributed by atoms with E-state index in [1.165, 1.54) is 5.75 Å². The van der Waals surface area contributed by atoms with Gasteiger partial charge in [0.05, 0.1) is 13.1 Å². The molecule has 21 heavy (non-hydrogen) atoms. The predicted octanol–water partition coefficient (Wildman–Crippen LogP) is 1.32. The fourth-order valence-corrected chi connectivity index (χ4v) is 3.60. The van der Waals surface area contributed by atoms with Crippen molar-refractivity contribution in [2.45, 2.75) is 32.6 Å². The van der Waals surface area contributed by atoms with Gasteiger partial charge in [0.25, 0.3) is 0 Å². The van der Waals surface area contributed by atoms with Crippen LogP contribution in [0.5, 0.6) is 0 Å². The van der Waals surface area contributed by atoms with E-state index in [4.69, 9.17) is 4.99 Å². The molecule has 0 aromatic carbocycles. The Morgan fingerprint density at radius 3 is 3.05 bits per heavy atom. The van der Waals surface area contributed by atoms with Crippen molar-refractivity contribution in [3.05, 3.63) is 12.7 Å². The Hall–Kier alpha value is -1.24. The summed E-state index contributed by atoms with van der Waals surface area (Å²) in [5, 5.41) is 8.21. The van der Waals surface area contributed by atoms with Crippen LogP contribution in [-0.4, -0.2) is 62.8 Å². The third kappa shape index (κ3) is 4.91. The smallest absolute Gasteiger partial charge is 0.194 e. The van der Waals surface area contributed by atoms with Gasteiger partial charge in [0.1, 0.15) is 12.7 Å². The maximum Gasteiger partial charge on any atom is 0.194 e. The lowest BCUT2D eigenvalue weighted by Crippen LogP contribution is -2.49. The summed E-state index contributed by atoms with van der Waals surface area (Å²) < 4.78 is 1.82. The van der Waals surface area contributed by atoms with Crippen molar-refractivity contribution < 1.29 is 0 Å². The van der Waals surface area contributed by atoms with Gasteiger partial charge < -0.3 is 10.2 Å². The van der Waals surface area contributed by atoms with Crippen molar-refractivity contribution in [2.24, 2.45) is 10.9 Å². The quantitative estimate of drug-likeness (QED) is 0.656. The van der Waals surface area contributed by atoms with Crippen molar-refractivity contribution in [3.63, 3.8) is 0 Å². The Balaban J connectivity index is 1.93. The van der Waals surface area contributed by atoms with E-state index in [1.807, 2.05) is 4.68 Å². The topological polar surface area (TPSA) is 58.3 Å². The van der Waals surface area contributed by atoms with Crippen molar-refractivity contribution in [1.82, 2.24) is 25.0 Å². The Morgan fingerprint density at radius 1 is 1.52 bits per heavy atom. The fourth-order valence-electron chi connectivity index (χ4n) is 2.30. The number of aliphatic imine (C=N–C) groups is 1. The second kappa shape index (κ2) is 8.26. The van der Waals surface area contributed by atoms with Gasteiger partial charge in [0, 0.05) is 30.6 Å². The molecule has 0 amide bonds. The number of thioether (sulfide) groups is 1. The van der Waals surface area contributed by atoms with Crippen LogP contribution in [-0.2, 0) is 6.54 Å². The zero-order valence-corrected chi connectivity index (χ0v) is 14.0. The molecule has 2 heterocycles. The molecule has 6 nitrogen and oxygen atoms in total. The normalized spacial score (nSPS) is 20.1. The molecule has 0 radical (unpaired) electrons. The molecule has 1 saturated heterocycles. The molecule has 1 aromatic heterocycles. The average Bonchev–Trinajstić information content (AvgIpc) is 3.00. The minimum Gasteiger partial charge on any atom is -0.357 e. The van der Waals surface area contributed by atoms with Crippen LogP contribution in [0.3, 0.4) is 0 Å². The number of hydrogen-bond acceptors (Lipinski definition) is 4. The Labute approximate surface area is 131 Å². The van der Waals surface area contributed by atoms with E-state index in [2.05, 4.69) is 52.8 Å². The largest absolute Gasteiger partial charge is 0.357 e. The zero-order chi connectivity index (χ0) is 15.1. The molecule has 1 unspecified atom stereocenters. The number of nitrogens with zero attached hydrogens (tertiary/aromatic N) is 5. The van der Waals surface area contributed by atoms with Crippen LogP contribution in [0, 0.1) is 5.92 Å². The Morgan fingerprint density at radius 2 is 2.38 bits per heavy atom. The summed E-state index contributed by atoms with van der Waals surface area (Å²) >= 11 is 2.09.